The lowest BCUT2D eigenvalue weighted by Gasteiger charge is -2.49. The molecule has 0 aromatic heterocycles. The van der Waals surface area contributed by atoms with Crippen LogP contribution in [0.2, 0.25) is 0 Å². The van der Waals surface area contributed by atoms with Gasteiger partial charge in [0, 0.05) is 25.7 Å². The number of amides is 1. The molecule has 3 aliphatic rings. The molecule has 44 heavy (non-hydrogen) atoms. The second-order valence-corrected chi connectivity index (χ2v) is 11.2. The highest BCUT2D eigenvalue weighted by atomic mass is 16.7. The Bertz CT molecular complexity index is 897. The van der Waals surface area contributed by atoms with Crippen molar-refractivity contribution < 1.29 is 74.8 Å². The summed E-state index contributed by atoms with van der Waals surface area (Å²) in [5.74, 6) is -1.10. The highest BCUT2D eigenvalue weighted by molar-refractivity contribution is 5.81. The number of carbonyl (C=O) groups excluding carboxylic acids is 1. The van der Waals surface area contributed by atoms with Crippen molar-refractivity contribution in [2.45, 2.75) is 110 Å². The van der Waals surface area contributed by atoms with Gasteiger partial charge in [-0.2, -0.15) is 0 Å². The van der Waals surface area contributed by atoms with Gasteiger partial charge in [-0.15, -0.1) is 0 Å². The number of nitrogens with two attached hydrogens (primary N) is 3. The molecule has 20 heteroatoms. The number of aliphatic hydroxyl groups is 10. The average molecular weight is 646 g/mol. The lowest BCUT2D eigenvalue weighted by molar-refractivity contribution is -0.333. The van der Waals surface area contributed by atoms with E-state index >= 15 is 0 Å². The van der Waals surface area contributed by atoms with Crippen LogP contribution in [0.15, 0.2) is 0 Å². The highest BCUT2D eigenvalue weighted by Gasteiger charge is 2.52. The molecule has 0 bridgehead atoms. The van der Waals surface area contributed by atoms with E-state index in [9.17, 15) is 50.8 Å². The maximum atomic E-state index is 12.7. The van der Waals surface area contributed by atoms with Crippen molar-refractivity contribution >= 4 is 5.91 Å². The Morgan fingerprint density at radius 1 is 0.841 bits per heavy atom. The van der Waals surface area contributed by atoms with Gasteiger partial charge in [-0.3, -0.25) is 4.79 Å². The van der Waals surface area contributed by atoms with E-state index in [0.717, 1.165) is 0 Å². The van der Waals surface area contributed by atoms with Crippen LogP contribution in [0.25, 0.3) is 0 Å². The summed E-state index contributed by atoms with van der Waals surface area (Å²) in [6.45, 7) is -1.31. The van der Waals surface area contributed by atoms with Gasteiger partial charge in [0.05, 0.1) is 25.3 Å². The molecule has 0 radical (unpaired) electrons. The van der Waals surface area contributed by atoms with Gasteiger partial charge in [-0.05, 0) is 6.42 Å². The van der Waals surface area contributed by atoms with Crippen molar-refractivity contribution in [3.05, 3.63) is 0 Å². The molecule has 17 atom stereocenters. The van der Waals surface area contributed by atoms with Gasteiger partial charge >= 0.3 is 0 Å². The summed E-state index contributed by atoms with van der Waals surface area (Å²) in [6.07, 6.45) is -22.7. The monoisotopic (exact) mass is 645 g/mol. The predicted molar refractivity (Wildman–Crippen MR) is 144 cm³/mol. The lowest BCUT2D eigenvalue weighted by atomic mass is 9.83. The fourth-order valence-electron chi connectivity index (χ4n) is 5.37. The molecular formula is C24H47N5O15. The van der Waals surface area contributed by atoms with E-state index in [2.05, 4.69) is 10.6 Å². The van der Waals surface area contributed by atoms with Crippen LogP contribution in [0.3, 0.4) is 0 Å². The van der Waals surface area contributed by atoms with E-state index in [1.807, 2.05) is 0 Å². The minimum Gasteiger partial charge on any atom is -0.395 e. The van der Waals surface area contributed by atoms with Crippen molar-refractivity contribution in [1.82, 2.24) is 10.6 Å². The molecule has 0 aromatic carbocycles. The van der Waals surface area contributed by atoms with Crippen LogP contribution in [0.5, 0.6) is 0 Å². The molecule has 3 fully saturated rings. The van der Waals surface area contributed by atoms with Gasteiger partial charge in [0.1, 0.15) is 67.1 Å². The summed E-state index contributed by atoms with van der Waals surface area (Å²) in [5, 5.41) is 107. The number of ether oxygens (including phenoxy) is 4. The van der Waals surface area contributed by atoms with Crippen molar-refractivity contribution in [3.8, 4) is 0 Å². The summed E-state index contributed by atoms with van der Waals surface area (Å²) in [6, 6.07) is -3.73. The maximum absolute atomic E-state index is 12.7. The minimum absolute atomic E-state index is 0.0590. The Balaban J connectivity index is 1.85. The van der Waals surface area contributed by atoms with Crippen molar-refractivity contribution in [2.24, 2.45) is 17.2 Å². The van der Waals surface area contributed by atoms with E-state index < -0.39 is 123 Å². The second-order valence-electron chi connectivity index (χ2n) is 11.2. The highest BCUT2D eigenvalue weighted by Crippen LogP contribution is 2.32. The molecule has 258 valence electrons. The van der Waals surface area contributed by atoms with Crippen molar-refractivity contribution in [3.63, 3.8) is 0 Å². The van der Waals surface area contributed by atoms with Crippen LogP contribution in [-0.4, -0.2) is 194 Å². The third-order valence-electron chi connectivity index (χ3n) is 8.04. The van der Waals surface area contributed by atoms with Crippen LogP contribution in [0, 0.1) is 0 Å². The molecule has 2 saturated heterocycles. The molecular weight excluding hydrogens is 598 g/mol. The van der Waals surface area contributed by atoms with Gasteiger partial charge in [-0.25, -0.2) is 0 Å². The van der Waals surface area contributed by atoms with Gasteiger partial charge in [0.25, 0.3) is 5.91 Å². The Labute approximate surface area is 252 Å². The Hall–Kier alpha value is -1.25. The molecule has 18 N–H and O–H groups in total. The quantitative estimate of drug-likeness (QED) is 0.0826. The largest absolute Gasteiger partial charge is 0.395 e. The van der Waals surface area contributed by atoms with Crippen molar-refractivity contribution in [2.75, 3.05) is 32.8 Å². The average Bonchev–Trinajstić information content (AvgIpc) is 3.00. The normalized spacial score (nSPS) is 44.6. The zero-order chi connectivity index (χ0) is 32.9. The van der Waals surface area contributed by atoms with Crippen LogP contribution in [-0.2, 0) is 23.7 Å². The first-order valence-corrected chi connectivity index (χ1v) is 14.3. The fourth-order valence-corrected chi connectivity index (χ4v) is 5.37. The van der Waals surface area contributed by atoms with Gasteiger partial charge < -0.3 is 97.8 Å². The number of hydrogen-bond donors (Lipinski definition) is 15. The smallest absolute Gasteiger partial charge is 0.251 e. The molecule has 2 heterocycles. The van der Waals surface area contributed by atoms with E-state index in [-0.39, 0.29) is 26.1 Å². The van der Waals surface area contributed by atoms with E-state index in [0.29, 0.717) is 0 Å². The van der Waals surface area contributed by atoms with Crippen LogP contribution in [0.1, 0.15) is 6.42 Å². The third-order valence-corrected chi connectivity index (χ3v) is 8.04. The molecule has 3 rings (SSSR count). The molecule has 0 aromatic rings. The summed E-state index contributed by atoms with van der Waals surface area (Å²) >= 11 is 0. The van der Waals surface area contributed by atoms with Crippen LogP contribution >= 0.6 is 0 Å². The second kappa shape index (κ2) is 16.5. The topological polar surface area (TPSA) is 358 Å². The number of rotatable bonds is 13. The van der Waals surface area contributed by atoms with E-state index in [1.165, 1.54) is 0 Å². The number of hydrogen-bond acceptors (Lipinski definition) is 19. The summed E-state index contributed by atoms with van der Waals surface area (Å²) < 4.78 is 22.7. The third kappa shape index (κ3) is 8.36. The van der Waals surface area contributed by atoms with Crippen molar-refractivity contribution in [1.29, 1.82) is 0 Å². The van der Waals surface area contributed by atoms with Gasteiger partial charge in [-0.1, -0.05) is 0 Å². The summed E-state index contributed by atoms with van der Waals surface area (Å²) in [4.78, 5) is 12.7. The van der Waals surface area contributed by atoms with Crippen LogP contribution < -0.4 is 27.8 Å². The zero-order valence-electron chi connectivity index (χ0n) is 23.8. The lowest BCUT2D eigenvalue weighted by Crippen LogP contribution is -2.69. The first-order valence-electron chi connectivity index (χ1n) is 14.3. The van der Waals surface area contributed by atoms with E-state index in [1.54, 1.807) is 0 Å². The molecule has 20 nitrogen and oxygen atoms in total. The fraction of sp³-hybridized carbons (Fsp3) is 0.958. The maximum Gasteiger partial charge on any atom is 0.251 e. The summed E-state index contributed by atoms with van der Waals surface area (Å²) in [7, 11) is 0. The molecule has 2 aliphatic heterocycles. The molecule has 0 spiro atoms. The SMILES string of the molecule is NCC(O)C(O)C(=O)N[C@@H]1C[C@H](N)[C@@H](O[C@H]2O[C@H](CNCCO)[C@@H](O)[C@H](O)[C@H]2O)[C@H](O)[C@H]1O[C@H]1O[C@H](CO)[C@@H](O)[C@H](N)[C@H]1O. The molecule has 1 amide bonds. The first kappa shape index (κ1) is 37.2. The first-order chi connectivity index (χ1) is 20.8. The molecule has 1 aliphatic carbocycles. The Morgan fingerprint density at radius 3 is 2.07 bits per heavy atom. The molecule has 2 unspecified atom stereocenters. The zero-order valence-corrected chi connectivity index (χ0v) is 23.8. The number of aliphatic hydroxyl groups excluding tert-OH is 10. The Morgan fingerprint density at radius 2 is 1.45 bits per heavy atom. The summed E-state index contributed by atoms with van der Waals surface area (Å²) in [5.41, 5.74) is 17.5. The van der Waals surface area contributed by atoms with Crippen LogP contribution in [0.4, 0.5) is 0 Å². The molecule has 1 saturated carbocycles. The standard InChI is InChI=1S/C24H47N5O15/c25-4-9(32)13(33)22(40)29-8-3-7(26)20(43-24-18(38)17(37)15(35)10(41-24)5-28-1-2-30)19(39)21(8)44-23-16(36)12(27)14(34)11(6-31)42-23/h7-21,23-24,28,30-39H,1-6,25-27H2,(H,29,40)/t7-,8+,9?,10+,11+,12-,13?,14+,15+,16+,17-,18+,19-,20+,21-,23+,24+/m0/s1. The predicted octanol–water partition coefficient (Wildman–Crippen LogP) is -9.83. The van der Waals surface area contributed by atoms with E-state index in [4.69, 9.17) is 41.3 Å². The minimum atomic E-state index is -1.98. The van der Waals surface area contributed by atoms with Gasteiger partial charge in [0.2, 0.25) is 0 Å². The number of nitrogens with one attached hydrogen (secondary N) is 2. The van der Waals surface area contributed by atoms with Gasteiger partial charge in [0.15, 0.2) is 18.7 Å². The Kier molecular flexibility index (Phi) is 14.0. The number of carbonyl (C=O) groups is 1.